The van der Waals surface area contributed by atoms with Crippen molar-refractivity contribution in [2.45, 2.75) is 38.3 Å². The molecule has 0 spiro atoms. The molecular formula is C8H17ClFNO2. The molecule has 3 nitrogen and oxygen atoms in total. The van der Waals surface area contributed by atoms with E-state index in [0.717, 1.165) is 0 Å². The van der Waals surface area contributed by atoms with Crippen LogP contribution in [0.25, 0.3) is 0 Å². The number of nitrogens with zero attached hydrogens (tertiary/aromatic N) is 1. The van der Waals surface area contributed by atoms with Gasteiger partial charge in [0.25, 0.3) is 0 Å². The van der Waals surface area contributed by atoms with Gasteiger partial charge in [0.1, 0.15) is 0 Å². The minimum absolute atomic E-state index is 0. The highest BCUT2D eigenvalue weighted by molar-refractivity contribution is 5.85. The number of aliphatic hydroxyl groups is 2. The predicted octanol–water partition coefficient (Wildman–Crippen LogP) is 0.541. The third-order valence-corrected chi connectivity index (χ3v) is 2.31. The van der Waals surface area contributed by atoms with E-state index in [1.54, 1.807) is 11.8 Å². The van der Waals surface area contributed by atoms with Crippen LogP contribution in [0.15, 0.2) is 0 Å². The number of hydrogen-bond acceptors (Lipinski definition) is 3. The Morgan fingerprint density at radius 2 is 2.08 bits per heavy atom. The van der Waals surface area contributed by atoms with Crippen LogP contribution in [0.4, 0.5) is 4.39 Å². The number of piperidine rings is 1. The van der Waals surface area contributed by atoms with Crippen LogP contribution < -0.4 is 0 Å². The third kappa shape index (κ3) is 3.38. The molecule has 0 aromatic heterocycles. The third-order valence-electron chi connectivity index (χ3n) is 2.31. The molecule has 80 valence electrons. The molecule has 1 heterocycles. The quantitative estimate of drug-likeness (QED) is 0.659. The molecule has 1 aliphatic heterocycles. The van der Waals surface area contributed by atoms with Gasteiger partial charge in [-0.15, -0.1) is 12.4 Å². The van der Waals surface area contributed by atoms with Crippen LogP contribution in [0.3, 0.4) is 0 Å². The van der Waals surface area contributed by atoms with Crippen LogP contribution in [-0.2, 0) is 0 Å². The fraction of sp³-hybridized carbons (Fsp3) is 1.00. The second-order valence-corrected chi connectivity index (χ2v) is 3.26. The van der Waals surface area contributed by atoms with Crippen molar-refractivity contribution in [1.29, 1.82) is 0 Å². The molecule has 1 saturated heterocycles. The number of aliphatic hydroxyl groups excluding tert-OH is 2. The molecule has 0 amide bonds. The Kier molecular flexibility index (Phi) is 5.80. The Morgan fingerprint density at radius 3 is 2.54 bits per heavy atom. The van der Waals surface area contributed by atoms with Gasteiger partial charge in [0.2, 0.25) is 0 Å². The molecule has 0 saturated carbocycles. The van der Waals surface area contributed by atoms with Crippen molar-refractivity contribution in [3.8, 4) is 0 Å². The first-order valence-corrected chi connectivity index (χ1v) is 4.39. The van der Waals surface area contributed by atoms with Gasteiger partial charge in [0.05, 0.1) is 12.2 Å². The molecule has 1 rings (SSSR count). The first-order valence-electron chi connectivity index (χ1n) is 4.39. The summed E-state index contributed by atoms with van der Waals surface area (Å²) >= 11 is 0. The standard InChI is InChI=1S/C8H16FNO2.ClH/c1-2-8(9)10-4-3-6(11)7(12)5-10;/h6-8,11-12H,2-5H2,1H3;1H/t6?,7?,8-;/m0./s1. The zero-order valence-corrected chi connectivity index (χ0v) is 8.50. The fourth-order valence-electron chi connectivity index (χ4n) is 1.46. The normalized spacial score (nSPS) is 32.3. The molecule has 1 fully saturated rings. The van der Waals surface area contributed by atoms with E-state index in [0.29, 0.717) is 19.4 Å². The molecule has 5 heteroatoms. The minimum atomic E-state index is -0.979. The van der Waals surface area contributed by atoms with Crippen LogP contribution in [-0.4, -0.2) is 46.7 Å². The van der Waals surface area contributed by atoms with Crippen LogP contribution >= 0.6 is 12.4 Å². The van der Waals surface area contributed by atoms with Gasteiger partial charge in [-0.2, -0.15) is 0 Å². The SMILES string of the molecule is CC[C@@H](F)N1CCC(O)C(O)C1.Cl. The lowest BCUT2D eigenvalue weighted by Gasteiger charge is -2.34. The summed E-state index contributed by atoms with van der Waals surface area (Å²) in [7, 11) is 0. The lowest BCUT2D eigenvalue weighted by molar-refractivity contribution is -0.0690. The van der Waals surface area contributed by atoms with Crippen LogP contribution in [0.5, 0.6) is 0 Å². The molecule has 2 N–H and O–H groups in total. The highest BCUT2D eigenvalue weighted by Crippen LogP contribution is 2.15. The number of hydrogen-bond donors (Lipinski definition) is 2. The summed E-state index contributed by atoms with van der Waals surface area (Å²) in [4.78, 5) is 1.57. The van der Waals surface area contributed by atoms with Crippen molar-refractivity contribution in [1.82, 2.24) is 4.90 Å². The van der Waals surface area contributed by atoms with Gasteiger partial charge in [-0.25, -0.2) is 4.39 Å². The highest BCUT2D eigenvalue weighted by Gasteiger charge is 2.29. The van der Waals surface area contributed by atoms with Crippen LogP contribution in [0.2, 0.25) is 0 Å². The highest BCUT2D eigenvalue weighted by atomic mass is 35.5. The summed E-state index contributed by atoms with van der Waals surface area (Å²) in [6, 6.07) is 0. The fourth-order valence-corrected chi connectivity index (χ4v) is 1.46. The van der Waals surface area contributed by atoms with Crippen molar-refractivity contribution in [3.05, 3.63) is 0 Å². The molecule has 0 aliphatic carbocycles. The largest absolute Gasteiger partial charge is 0.390 e. The van der Waals surface area contributed by atoms with E-state index in [9.17, 15) is 9.50 Å². The molecule has 0 aromatic carbocycles. The Hall–Kier alpha value is 0.1000. The van der Waals surface area contributed by atoms with E-state index < -0.39 is 18.5 Å². The van der Waals surface area contributed by atoms with E-state index in [-0.39, 0.29) is 19.0 Å². The maximum atomic E-state index is 13.1. The second-order valence-electron chi connectivity index (χ2n) is 3.26. The Balaban J connectivity index is 0.00000144. The maximum absolute atomic E-state index is 13.1. The van der Waals surface area contributed by atoms with Gasteiger partial charge < -0.3 is 10.2 Å². The van der Waals surface area contributed by atoms with Gasteiger partial charge in [-0.3, -0.25) is 4.90 Å². The maximum Gasteiger partial charge on any atom is 0.153 e. The van der Waals surface area contributed by atoms with E-state index in [1.165, 1.54) is 0 Å². The smallest absolute Gasteiger partial charge is 0.153 e. The number of alkyl halides is 1. The van der Waals surface area contributed by atoms with Crippen LogP contribution in [0, 0.1) is 0 Å². The molecule has 13 heavy (non-hydrogen) atoms. The number of likely N-dealkylation sites (tertiary alicyclic amines) is 1. The molecule has 1 aliphatic rings. The summed E-state index contributed by atoms with van der Waals surface area (Å²) in [5.41, 5.74) is 0. The number of rotatable bonds is 2. The topological polar surface area (TPSA) is 43.7 Å². The lowest BCUT2D eigenvalue weighted by atomic mass is 10.0. The minimum Gasteiger partial charge on any atom is -0.390 e. The molecule has 0 aromatic rings. The molecule has 0 radical (unpaired) electrons. The summed E-state index contributed by atoms with van der Waals surface area (Å²) in [6.07, 6.45) is -1.55. The molecule has 0 bridgehead atoms. The summed E-state index contributed by atoms with van der Waals surface area (Å²) in [5, 5.41) is 18.4. The van der Waals surface area contributed by atoms with Crippen molar-refractivity contribution in [3.63, 3.8) is 0 Å². The second kappa shape index (κ2) is 5.75. The van der Waals surface area contributed by atoms with E-state index in [1.807, 2.05) is 0 Å². The van der Waals surface area contributed by atoms with Gasteiger partial charge in [-0.05, 0) is 12.8 Å². The zero-order chi connectivity index (χ0) is 9.14. The Bertz CT molecular complexity index is 150. The monoisotopic (exact) mass is 213 g/mol. The van der Waals surface area contributed by atoms with Gasteiger partial charge in [0, 0.05) is 13.1 Å². The van der Waals surface area contributed by atoms with Crippen LogP contribution in [0.1, 0.15) is 19.8 Å². The summed E-state index contributed by atoms with van der Waals surface area (Å²) < 4.78 is 13.1. The summed E-state index contributed by atoms with van der Waals surface area (Å²) in [5.74, 6) is 0. The zero-order valence-electron chi connectivity index (χ0n) is 7.69. The first kappa shape index (κ1) is 13.1. The average molecular weight is 214 g/mol. The van der Waals surface area contributed by atoms with Gasteiger partial charge in [0.15, 0.2) is 6.30 Å². The van der Waals surface area contributed by atoms with E-state index >= 15 is 0 Å². The van der Waals surface area contributed by atoms with Crippen molar-refractivity contribution >= 4 is 12.4 Å². The van der Waals surface area contributed by atoms with E-state index in [2.05, 4.69) is 0 Å². The average Bonchev–Trinajstić information content (AvgIpc) is 2.08. The molecule has 2 unspecified atom stereocenters. The Labute approximate surface area is 84.0 Å². The number of β-amino-alcohol motifs (C(OH)–C–C–N with tert-alkyl or cyclic N) is 1. The van der Waals surface area contributed by atoms with Crippen molar-refractivity contribution in [2.24, 2.45) is 0 Å². The predicted molar refractivity (Wildman–Crippen MR) is 50.6 cm³/mol. The van der Waals surface area contributed by atoms with Crippen molar-refractivity contribution < 1.29 is 14.6 Å². The van der Waals surface area contributed by atoms with Gasteiger partial charge in [-0.1, -0.05) is 6.92 Å². The molecule has 3 atom stereocenters. The van der Waals surface area contributed by atoms with Crippen molar-refractivity contribution in [2.75, 3.05) is 13.1 Å². The first-order chi connectivity index (χ1) is 5.65. The Morgan fingerprint density at radius 1 is 1.46 bits per heavy atom. The lowest BCUT2D eigenvalue weighted by Crippen LogP contribution is -2.49. The van der Waals surface area contributed by atoms with Gasteiger partial charge >= 0.3 is 0 Å². The van der Waals surface area contributed by atoms with E-state index in [4.69, 9.17) is 5.11 Å². The molecular weight excluding hydrogens is 197 g/mol. The number of halogens is 2. The summed E-state index contributed by atoms with van der Waals surface area (Å²) in [6.45, 7) is 2.55.